The Kier molecular flexibility index (Phi) is 6.49. The number of benzene rings is 9. The van der Waals surface area contributed by atoms with Crippen LogP contribution in [0.15, 0.2) is 168 Å². The Morgan fingerprint density at radius 3 is 1.98 bits per heavy atom. The summed E-state index contributed by atoms with van der Waals surface area (Å²) in [4.78, 5) is 5.39. The standard InChI is InChI=1S/C51H33N3O/c1-3-9-38-32(7-1)17-24-42-40(38)22-19-34-14-13-31(27-45(34)42)30-54-51(37-21-26-49-47(29-37)44-11-5-6-12-48(44)55-49)52-50(53-54)36-16-15-35-20-23-41-39-10-4-2-8-33(39)18-25-43(41)46(35)28-36/h1-27,29,36H,28,30H2. The van der Waals surface area contributed by atoms with Crippen LogP contribution in [0.2, 0.25) is 0 Å². The number of allylic oxidation sites excluding steroid dienone is 1. The Labute approximate surface area is 316 Å². The van der Waals surface area contributed by atoms with Gasteiger partial charge < -0.3 is 4.42 Å². The molecule has 1 atom stereocenters. The van der Waals surface area contributed by atoms with E-state index in [1.165, 1.54) is 70.6 Å². The first kappa shape index (κ1) is 30.4. The first-order valence-corrected chi connectivity index (χ1v) is 19.0. The second-order valence-corrected chi connectivity index (χ2v) is 14.9. The number of fused-ring (bicyclic) bond motifs is 13. The van der Waals surface area contributed by atoms with Crippen LogP contribution in [0, 0.1) is 0 Å². The molecule has 0 spiro atoms. The van der Waals surface area contributed by atoms with E-state index >= 15 is 0 Å². The van der Waals surface area contributed by atoms with Gasteiger partial charge in [-0.05, 0) is 107 Å². The minimum absolute atomic E-state index is 0.0388. The number of para-hydroxylation sites is 1. The van der Waals surface area contributed by atoms with Gasteiger partial charge in [0.2, 0.25) is 0 Å². The predicted octanol–water partition coefficient (Wildman–Crippen LogP) is 13.0. The number of nitrogens with zero attached hydrogens (tertiary/aromatic N) is 3. The zero-order chi connectivity index (χ0) is 36.0. The molecule has 9 aromatic carbocycles. The van der Waals surface area contributed by atoms with E-state index in [4.69, 9.17) is 14.5 Å². The molecule has 0 amide bonds. The van der Waals surface area contributed by atoms with Crippen LogP contribution in [-0.4, -0.2) is 14.8 Å². The van der Waals surface area contributed by atoms with Crippen LogP contribution in [0.5, 0.6) is 0 Å². The summed E-state index contributed by atoms with van der Waals surface area (Å²) >= 11 is 0. The van der Waals surface area contributed by atoms with Gasteiger partial charge in [-0.15, -0.1) is 0 Å². The smallest absolute Gasteiger partial charge is 0.158 e. The summed E-state index contributed by atoms with van der Waals surface area (Å²) in [6, 6.07) is 56.9. The molecular formula is C51H33N3O. The first-order chi connectivity index (χ1) is 27.2. The third kappa shape index (κ3) is 4.78. The minimum Gasteiger partial charge on any atom is -0.456 e. The molecule has 0 bridgehead atoms. The molecule has 0 N–H and O–H groups in total. The van der Waals surface area contributed by atoms with E-state index in [2.05, 4.69) is 162 Å². The van der Waals surface area contributed by atoms with Crippen molar-refractivity contribution in [3.8, 4) is 11.4 Å². The van der Waals surface area contributed by atoms with Gasteiger partial charge in [0.1, 0.15) is 11.2 Å². The lowest BCUT2D eigenvalue weighted by molar-refractivity contribution is 0.660. The Bertz CT molecular complexity index is 3400. The molecule has 0 saturated carbocycles. The lowest BCUT2D eigenvalue weighted by Crippen LogP contribution is -2.09. The fourth-order valence-corrected chi connectivity index (χ4v) is 9.08. The maximum absolute atomic E-state index is 6.22. The molecule has 0 saturated heterocycles. The van der Waals surface area contributed by atoms with Crippen molar-refractivity contribution in [3.05, 3.63) is 186 Å². The first-order valence-electron chi connectivity index (χ1n) is 19.0. The highest BCUT2D eigenvalue weighted by Crippen LogP contribution is 2.38. The molecule has 1 aliphatic carbocycles. The minimum atomic E-state index is 0.0388. The highest BCUT2D eigenvalue weighted by atomic mass is 16.3. The quantitative estimate of drug-likeness (QED) is 0.171. The zero-order valence-corrected chi connectivity index (χ0v) is 29.9. The van der Waals surface area contributed by atoms with E-state index in [1.54, 1.807) is 0 Å². The van der Waals surface area contributed by atoms with E-state index in [1.807, 2.05) is 12.1 Å². The van der Waals surface area contributed by atoms with Crippen LogP contribution in [0.4, 0.5) is 0 Å². The lowest BCUT2D eigenvalue weighted by Gasteiger charge is -2.20. The third-order valence-electron chi connectivity index (χ3n) is 11.8. The molecular weight excluding hydrogens is 671 g/mol. The Morgan fingerprint density at radius 2 is 1.16 bits per heavy atom. The normalized spacial score (nSPS) is 14.3. The van der Waals surface area contributed by atoms with Crippen LogP contribution >= 0.6 is 0 Å². The van der Waals surface area contributed by atoms with Crippen molar-refractivity contribution in [1.82, 2.24) is 14.8 Å². The summed E-state index contributed by atoms with van der Waals surface area (Å²) in [5.74, 6) is 1.73. The molecule has 1 unspecified atom stereocenters. The fourth-order valence-electron chi connectivity index (χ4n) is 9.08. The van der Waals surface area contributed by atoms with Crippen molar-refractivity contribution in [2.24, 2.45) is 0 Å². The van der Waals surface area contributed by atoms with Crippen LogP contribution in [0.1, 0.15) is 28.4 Å². The second kappa shape index (κ2) is 11.7. The average Bonchev–Trinajstić information content (AvgIpc) is 3.84. The van der Waals surface area contributed by atoms with Crippen LogP contribution < -0.4 is 0 Å². The summed E-state index contributed by atoms with van der Waals surface area (Å²) in [6.45, 7) is 0.592. The highest BCUT2D eigenvalue weighted by molar-refractivity contribution is 6.17. The van der Waals surface area contributed by atoms with Gasteiger partial charge in [0.25, 0.3) is 0 Å². The Hall–Kier alpha value is -7.04. The van der Waals surface area contributed by atoms with E-state index < -0.39 is 0 Å². The number of aromatic nitrogens is 3. The predicted molar refractivity (Wildman–Crippen MR) is 228 cm³/mol. The second-order valence-electron chi connectivity index (χ2n) is 14.9. The largest absolute Gasteiger partial charge is 0.456 e. The van der Waals surface area contributed by atoms with Crippen molar-refractivity contribution < 1.29 is 4.42 Å². The number of rotatable bonds is 4. The molecule has 11 aromatic rings. The van der Waals surface area contributed by atoms with Gasteiger partial charge in [-0.3, -0.25) is 0 Å². The molecule has 2 aromatic heterocycles. The summed E-state index contributed by atoms with van der Waals surface area (Å²) in [6.07, 6.45) is 5.39. The van der Waals surface area contributed by atoms with Crippen LogP contribution in [0.3, 0.4) is 0 Å². The Morgan fingerprint density at radius 1 is 0.527 bits per heavy atom. The number of hydrogen-bond acceptors (Lipinski definition) is 3. The third-order valence-corrected chi connectivity index (χ3v) is 11.8. The molecule has 55 heavy (non-hydrogen) atoms. The number of furan rings is 1. The average molecular weight is 704 g/mol. The SMILES string of the molecule is C1=CC(c2nc(-c3ccc4oc5ccccc5c4c3)n(Cc3ccc4ccc5c6ccccc6ccc5c4c3)n2)Cc2c1ccc1c2ccc2ccccc21. The van der Waals surface area contributed by atoms with Crippen molar-refractivity contribution in [3.63, 3.8) is 0 Å². The van der Waals surface area contributed by atoms with Gasteiger partial charge in [-0.2, -0.15) is 5.10 Å². The van der Waals surface area contributed by atoms with Crippen molar-refractivity contribution in [1.29, 1.82) is 0 Å². The van der Waals surface area contributed by atoms with Crippen molar-refractivity contribution in [2.75, 3.05) is 0 Å². The van der Waals surface area contributed by atoms with E-state index in [-0.39, 0.29) is 5.92 Å². The monoisotopic (exact) mass is 703 g/mol. The summed E-state index contributed by atoms with van der Waals surface area (Å²) in [5.41, 5.74) is 6.59. The van der Waals surface area contributed by atoms with Crippen LogP contribution in [0.25, 0.3) is 93.3 Å². The van der Waals surface area contributed by atoms with E-state index in [0.717, 1.165) is 45.6 Å². The van der Waals surface area contributed by atoms with Crippen LogP contribution in [-0.2, 0) is 13.0 Å². The van der Waals surface area contributed by atoms with Gasteiger partial charge in [0.05, 0.1) is 6.54 Å². The molecule has 4 heteroatoms. The van der Waals surface area contributed by atoms with Gasteiger partial charge in [-0.1, -0.05) is 140 Å². The summed E-state index contributed by atoms with van der Waals surface area (Å²) in [5, 5.41) is 20.2. The van der Waals surface area contributed by atoms with Gasteiger partial charge in [0, 0.05) is 22.3 Å². The fraction of sp³-hybridized carbons (Fsp3) is 0.0588. The van der Waals surface area contributed by atoms with Gasteiger partial charge in [-0.25, -0.2) is 9.67 Å². The van der Waals surface area contributed by atoms with Crippen molar-refractivity contribution >= 4 is 81.9 Å². The molecule has 258 valence electrons. The molecule has 2 heterocycles. The van der Waals surface area contributed by atoms with E-state index in [9.17, 15) is 0 Å². The molecule has 0 aliphatic heterocycles. The van der Waals surface area contributed by atoms with Gasteiger partial charge in [0.15, 0.2) is 11.6 Å². The summed E-state index contributed by atoms with van der Waals surface area (Å²) < 4.78 is 8.33. The number of hydrogen-bond donors (Lipinski definition) is 0. The van der Waals surface area contributed by atoms with E-state index in [0.29, 0.717) is 6.54 Å². The van der Waals surface area contributed by atoms with Crippen molar-refractivity contribution in [2.45, 2.75) is 18.9 Å². The zero-order valence-electron chi connectivity index (χ0n) is 29.9. The topological polar surface area (TPSA) is 43.9 Å². The molecule has 0 fully saturated rings. The maximum atomic E-state index is 6.22. The summed E-state index contributed by atoms with van der Waals surface area (Å²) in [7, 11) is 0. The molecule has 4 nitrogen and oxygen atoms in total. The van der Waals surface area contributed by atoms with Gasteiger partial charge >= 0.3 is 0 Å². The molecule has 1 aliphatic rings. The Balaban J connectivity index is 0.996. The maximum Gasteiger partial charge on any atom is 0.158 e. The molecule has 12 rings (SSSR count). The molecule has 0 radical (unpaired) electrons. The highest BCUT2D eigenvalue weighted by Gasteiger charge is 2.24. The lowest BCUT2D eigenvalue weighted by atomic mass is 9.85.